The van der Waals surface area contributed by atoms with Gasteiger partial charge in [0.05, 0.1) is 11.4 Å². The van der Waals surface area contributed by atoms with Crippen LogP contribution in [0.15, 0.2) is 41.5 Å². The first-order valence-corrected chi connectivity index (χ1v) is 10.4. The van der Waals surface area contributed by atoms with Gasteiger partial charge in [-0.25, -0.2) is 4.99 Å². The van der Waals surface area contributed by atoms with Crippen LogP contribution in [0.3, 0.4) is 0 Å². The number of nitrogens with one attached hydrogen (secondary N) is 3. The van der Waals surface area contributed by atoms with E-state index in [1.54, 1.807) is 6.20 Å². The Kier molecular flexibility index (Phi) is 5.18. The number of pyridine rings is 1. The molecule has 152 valence electrons. The van der Waals surface area contributed by atoms with Gasteiger partial charge in [0.2, 0.25) is 0 Å². The maximum Gasteiger partial charge on any atom is 0.160 e. The molecule has 7 heteroatoms. The minimum absolute atomic E-state index is 0.217. The highest BCUT2D eigenvalue weighted by molar-refractivity contribution is 5.92. The molecule has 1 saturated heterocycles. The molecule has 1 aromatic carbocycles. The van der Waals surface area contributed by atoms with Crippen LogP contribution < -0.4 is 20.7 Å². The monoisotopic (exact) mass is 393 g/mol. The minimum Gasteiger partial charge on any atom is -0.482 e. The number of ether oxygens (including phenoxy) is 1. The van der Waals surface area contributed by atoms with Crippen LogP contribution in [0.4, 0.5) is 5.69 Å². The minimum atomic E-state index is -0.809. The van der Waals surface area contributed by atoms with E-state index in [-0.39, 0.29) is 6.10 Å². The second-order valence-corrected chi connectivity index (χ2v) is 7.98. The summed E-state index contributed by atoms with van der Waals surface area (Å²) in [5, 5.41) is 20.7. The third-order valence-corrected chi connectivity index (χ3v) is 5.98. The lowest BCUT2D eigenvalue weighted by atomic mass is 9.98. The second kappa shape index (κ2) is 8.10. The van der Waals surface area contributed by atoms with E-state index in [1.807, 2.05) is 24.3 Å². The molecule has 1 aromatic heterocycles. The molecule has 3 aliphatic heterocycles. The highest BCUT2D eigenvalue weighted by atomic mass is 16.5. The number of rotatable bonds is 5. The molecule has 7 nitrogen and oxygen atoms in total. The van der Waals surface area contributed by atoms with Crippen molar-refractivity contribution >= 4 is 11.5 Å². The zero-order valence-corrected chi connectivity index (χ0v) is 16.4. The number of amidine groups is 1. The predicted octanol–water partition coefficient (Wildman–Crippen LogP) is 1.80. The topological polar surface area (TPSA) is 90.8 Å². The first-order chi connectivity index (χ1) is 14.3. The van der Waals surface area contributed by atoms with Gasteiger partial charge >= 0.3 is 0 Å². The first kappa shape index (κ1) is 18.5. The normalized spacial score (nSPS) is 23.6. The van der Waals surface area contributed by atoms with Gasteiger partial charge in [0.1, 0.15) is 11.6 Å². The second-order valence-electron chi connectivity index (χ2n) is 7.98. The van der Waals surface area contributed by atoms with Gasteiger partial charge < -0.3 is 25.8 Å². The Morgan fingerprint density at radius 1 is 1.17 bits per heavy atom. The van der Waals surface area contributed by atoms with Gasteiger partial charge in [0, 0.05) is 24.7 Å². The van der Waals surface area contributed by atoms with Crippen LogP contribution in [0.25, 0.3) is 0 Å². The van der Waals surface area contributed by atoms with Crippen molar-refractivity contribution in [2.45, 2.75) is 38.1 Å². The number of hydrogen-bond acceptors (Lipinski definition) is 7. The van der Waals surface area contributed by atoms with Crippen LogP contribution in [0, 0.1) is 5.92 Å². The zero-order valence-electron chi connectivity index (χ0n) is 16.4. The van der Waals surface area contributed by atoms with Crippen LogP contribution in [0.1, 0.15) is 35.9 Å². The van der Waals surface area contributed by atoms with Crippen molar-refractivity contribution in [1.82, 2.24) is 20.9 Å². The highest BCUT2D eigenvalue weighted by Crippen LogP contribution is 2.34. The zero-order chi connectivity index (χ0) is 19.6. The van der Waals surface area contributed by atoms with Crippen molar-refractivity contribution in [3.05, 3.63) is 53.3 Å². The van der Waals surface area contributed by atoms with Crippen LogP contribution in [-0.2, 0) is 13.0 Å². The summed E-state index contributed by atoms with van der Waals surface area (Å²) >= 11 is 0. The molecule has 0 spiro atoms. The van der Waals surface area contributed by atoms with Gasteiger partial charge in [0.25, 0.3) is 0 Å². The third kappa shape index (κ3) is 3.85. The third-order valence-electron chi connectivity index (χ3n) is 5.98. The summed E-state index contributed by atoms with van der Waals surface area (Å²) in [6, 6.07) is 9.86. The summed E-state index contributed by atoms with van der Waals surface area (Å²) in [7, 11) is 0. The molecule has 4 heterocycles. The molecule has 29 heavy (non-hydrogen) atoms. The molecule has 4 N–H and O–H groups in total. The Morgan fingerprint density at radius 3 is 2.90 bits per heavy atom. The molecule has 5 rings (SSSR count). The predicted molar refractivity (Wildman–Crippen MR) is 111 cm³/mol. The smallest absolute Gasteiger partial charge is 0.160 e. The van der Waals surface area contributed by atoms with E-state index >= 15 is 0 Å². The first-order valence-electron chi connectivity index (χ1n) is 10.4. The Balaban J connectivity index is 1.33. The lowest BCUT2D eigenvalue weighted by Crippen LogP contribution is -2.41. The van der Waals surface area contributed by atoms with E-state index in [4.69, 9.17) is 9.73 Å². The molecule has 2 atom stereocenters. The summed E-state index contributed by atoms with van der Waals surface area (Å²) in [6.07, 6.45) is 3.87. The molecular formula is C22H27N5O2. The van der Waals surface area contributed by atoms with Crippen molar-refractivity contribution in [3.8, 4) is 5.75 Å². The maximum absolute atomic E-state index is 10.7. The molecule has 2 aromatic rings. The number of benzene rings is 1. The highest BCUT2D eigenvalue weighted by Gasteiger charge is 2.32. The average Bonchev–Trinajstić information content (AvgIpc) is 3.19. The van der Waals surface area contributed by atoms with Crippen molar-refractivity contribution in [1.29, 1.82) is 0 Å². The van der Waals surface area contributed by atoms with E-state index < -0.39 is 6.23 Å². The lowest BCUT2D eigenvalue weighted by molar-refractivity contribution is 0.155. The molecule has 0 radical (unpaired) electrons. The Hall–Kier alpha value is -2.48. The summed E-state index contributed by atoms with van der Waals surface area (Å²) in [5.41, 5.74) is 3.55. The number of aromatic nitrogens is 1. The summed E-state index contributed by atoms with van der Waals surface area (Å²) in [6.45, 7) is 3.81. The van der Waals surface area contributed by atoms with Crippen molar-refractivity contribution < 1.29 is 9.84 Å². The number of aliphatic hydroxyl groups is 1. The van der Waals surface area contributed by atoms with E-state index in [0.717, 1.165) is 54.3 Å². The van der Waals surface area contributed by atoms with Crippen LogP contribution in [0.2, 0.25) is 0 Å². The SMILES string of the molecule is OC1NC(C2Cc3ccccc3O2)=Nc2c1ccnc2CNCC1CCNCC1. The number of fused-ring (bicyclic) bond motifs is 2. The largest absolute Gasteiger partial charge is 0.482 e. The van der Waals surface area contributed by atoms with Crippen LogP contribution >= 0.6 is 0 Å². The van der Waals surface area contributed by atoms with Crippen molar-refractivity contribution in [2.24, 2.45) is 10.9 Å². The molecule has 0 saturated carbocycles. The van der Waals surface area contributed by atoms with Crippen LogP contribution in [0.5, 0.6) is 5.75 Å². The fourth-order valence-electron chi connectivity index (χ4n) is 4.34. The van der Waals surface area contributed by atoms with Crippen molar-refractivity contribution in [2.75, 3.05) is 19.6 Å². The number of piperidine rings is 1. The van der Waals surface area contributed by atoms with Gasteiger partial charge in [-0.3, -0.25) is 4.98 Å². The fourth-order valence-corrected chi connectivity index (χ4v) is 4.34. The molecule has 0 amide bonds. The number of aliphatic imine (C=N–C) groups is 1. The number of para-hydroxylation sites is 1. The summed E-state index contributed by atoms with van der Waals surface area (Å²) in [4.78, 5) is 9.38. The average molecular weight is 393 g/mol. The Bertz CT molecular complexity index is 885. The standard InChI is InChI=1S/C22H27N5O2/c28-22-16-7-10-25-17(13-24-12-14-5-8-23-9-6-14)20(16)26-21(27-22)19-11-15-3-1-2-4-18(15)29-19/h1-4,7,10,14,19,22-24,28H,5-6,8-9,11-13H2,(H,26,27). The molecule has 0 aliphatic carbocycles. The molecule has 1 fully saturated rings. The van der Waals surface area contributed by atoms with E-state index in [1.165, 1.54) is 12.8 Å². The van der Waals surface area contributed by atoms with Gasteiger partial charge in [0.15, 0.2) is 12.3 Å². The van der Waals surface area contributed by atoms with Crippen molar-refractivity contribution in [3.63, 3.8) is 0 Å². The summed E-state index contributed by atoms with van der Waals surface area (Å²) in [5.74, 6) is 2.25. The Labute approximate surface area is 170 Å². The maximum atomic E-state index is 10.7. The van der Waals surface area contributed by atoms with E-state index in [0.29, 0.717) is 18.3 Å². The quantitative estimate of drug-likeness (QED) is 0.619. The fraction of sp³-hybridized carbons (Fsp3) is 0.455. The van der Waals surface area contributed by atoms with E-state index in [9.17, 15) is 5.11 Å². The number of nitrogens with zero attached hydrogens (tertiary/aromatic N) is 2. The lowest BCUT2D eigenvalue weighted by Gasteiger charge is -2.27. The summed E-state index contributed by atoms with van der Waals surface area (Å²) < 4.78 is 6.06. The molecule has 0 bridgehead atoms. The number of aliphatic hydroxyl groups excluding tert-OH is 1. The van der Waals surface area contributed by atoms with Crippen LogP contribution in [-0.4, -0.2) is 41.7 Å². The molecular weight excluding hydrogens is 366 g/mol. The van der Waals surface area contributed by atoms with Gasteiger partial charge in [-0.1, -0.05) is 18.2 Å². The molecule has 2 unspecified atom stereocenters. The Morgan fingerprint density at radius 2 is 2.03 bits per heavy atom. The van der Waals surface area contributed by atoms with Gasteiger partial charge in [-0.2, -0.15) is 0 Å². The van der Waals surface area contributed by atoms with Gasteiger partial charge in [-0.05, 0) is 56.1 Å². The number of hydrogen-bond donors (Lipinski definition) is 4. The van der Waals surface area contributed by atoms with Gasteiger partial charge in [-0.15, -0.1) is 0 Å². The molecule has 3 aliphatic rings. The van der Waals surface area contributed by atoms with E-state index in [2.05, 4.69) is 27.0 Å².